The Hall–Kier alpha value is -0.800. The minimum Gasteiger partial charge on any atom is -0.380 e. The Balaban J connectivity index is 2.23. The Morgan fingerprint density at radius 2 is 2.20 bits per heavy atom. The standard InChI is InChI=1S/C12H14BrNO/c1-2-15-8-7-14-6-5-10-3-4-11(13)9-12(10)14/h3-6,9H,2,7-8H2,1H3. The van der Waals surface area contributed by atoms with Gasteiger partial charge < -0.3 is 9.30 Å². The zero-order chi connectivity index (χ0) is 10.7. The highest BCUT2D eigenvalue weighted by Crippen LogP contribution is 2.20. The number of rotatable bonds is 4. The van der Waals surface area contributed by atoms with Crippen LogP contribution in [0.3, 0.4) is 0 Å². The Morgan fingerprint density at radius 3 is 3.00 bits per heavy atom. The van der Waals surface area contributed by atoms with Gasteiger partial charge in [-0.15, -0.1) is 0 Å². The first kappa shape index (κ1) is 10.7. The fourth-order valence-electron chi connectivity index (χ4n) is 1.66. The van der Waals surface area contributed by atoms with Crippen LogP contribution >= 0.6 is 15.9 Å². The number of hydrogen-bond donors (Lipinski definition) is 0. The van der Waals surface area contributed by atoms with Gasteiger partial charge >= 0.3 is 0 Å². The molecule has 2 nitrogen and oxygen atoms in total. The highest BCUT2D eigenvalue weighted by molar-refractivity contribution is 9.10. The molecule has 0 aliphatic carbocycles. The van der Waals surface area contributed by atoms with E-state index in [1.165, 1.54) is 10.9 Å². The van der Waals surface area contributed by atoms with Crippen LogP contribution in [-0.4, -0.2) is 17.8 Å². The van der Waals surface area contributed by atoms with E-state index in [-0.39, 0.29) is 0 Å². The second-order valence-corrected chi connectivity index (χ2v) is 4.32. The second-order valence-electron chi connectivity index (χ2n) is 3.41. The van der Waals surface area contributed by atoms with Crippen LogP contribution < -0.4 is 0 Å². The predicted octanol–water partition coefficient (Wildman–Crippen LogP) is 3.44. The summed E-state index contributed by atoms with van der Waals surface area (Å²) in [6.45, 7) is 4.48. The summed E-state index contributed by atoms with van der Waals surface area (Å²) in [5, 5.41) is 1.27. The molecular weight excluding hydrogens is 254 g/mol. The molecule has 1 aromatic carbocycles. The third-order valence-electron chi connectivity index (χ3n) is 2.42. The molecule has 0 aliphatic rings. The number of ether oxygens (including phenoxy) is 1. The van der Waals surface area contributed by atoms with Gasteiger partial charge in [-0.2, -0.15) is 0 Å². The summed E-state index contributed by atoms with van der Waals surface area (Å²) in [5.41, 5.74) is 1.25. The summed E-state index contributed by atoms with van der Waals surface area (Å²) in [4.78, 5) is 0. The maximum Gasteiger partial charge on any atom is 0.0645 e. The number of aromatic nitrogens is 1. The highest BCUT2D eigenvalue weighted by atomic mass is 79.9. The molecule has 1 heterocycles. The van der Waals surface area contributed by atoms with Gasteiger partial charge in [0.05, 0.1) is 6.61 Å². The molecule has 0 bridgehead atoms. The molecule has 0 aliphatic heterocycles. The van der Waals surface area contributed by atoms with Gasteiger partial charge in [0.25, 0.3) is 0 Å². The lowest BCUT2D eigenvalue weighted by Gasteiger charge is -2.05. The summed E-state index contributed by atoms with van der Waals surface area (Å²) in [6.07, 6.45) is 2.11. The topological polar surface area (TPSA) is 14.2 Å². The Kier molecular flexibility index (Phi) is 3.44. The quantitative estimate of drug-likeness (QED) is 0.775. The molecule has 2 aromatic rings. The van der Waals surface area contributed by atoms with Crippen LogP contribution in [0.15, 0.2) is 34.9 Å². The lowest BCUT2D eigenvalue weighted by atomic mass is 10.2. The van der Waals surface area contributed by atoms with Gasteiger partial charge in [0.2, 0.25) is 0 Å². The van der Waals surface area contributed by atoms with Crippen molar-refractivity contribution in [3.8, 4) is 0 Å². The van der Waals surface area contributed by atoms with Crippen LogP contribution in [0, 0.1) is 0 Å². The molecule has 0 N–H and O–H groups in total. The molecule has 3 heteroatoms. The third kappa shape index (κ3) is 2.41. The average molecular weight is 268 g/mol. The molecule has 80 valence electrons. The molecule has 1 aromatic heterocycles. The lowest BCUT2D eigenvalue weighted by Crippen LogP contribution is -2.04. The average Bonchev–Trinajstić information content (AvgIpc) is 2.62. The number of fused-ring (bicyclic) bond motifs is 1. The van der Waals surface area contributed by atoms with E-state index in [1.54, 1.807) is 0 Å². The van der Waals surface area contributed by atoms with Gasteiger partial charge in [0.15, 0.2) is 0 Å². The lowest BCUT2D eigenvalue weighted by molar-refractivity contribution is 0.140. The summed E-state index contributed by atoms with van der Waals surface area (Å²) >= 11 is 3.49. The molecule has 0 unspecified atom stereocenters. The minimum absolute atomic E-state index is 0.771. The fraction of sp³-hybridized carbons (Fsp3) is 0.333. The molecule has 0 saturated carbocycles. The number of halogens is 1. The fourth-order valence-corrected chi connectivity index (χ4v) is 2.01. The zero-order valence-corrected chi connectivity index (χ0v) is 10.3. The van der Waals surface area contributed by atoms with Crippen LogP contribution in [-0.2, 0) is 11.3 Å². The first-order chi connectivity index (χ1) is 7.31. The van der Waals surface area contributed by atoms with Gasteiger partial charge in [0, 0.05) is 29.3 Å². The van der Waals surface area contributed by atoms with Crippen LogP contribution in [0.4, 0.5) is 0 Å². The van der Waals surface area contributed by atoms with Crippen LogP contribution in [0.5, 0.6) is 0 Å². The SMILES string of the molecule is CCOCCn1ccc2ccc(Br)cc21. The van der Waals surface area contributed by atoms with E-state index in [0.717, 1.165) is 24.2 Å². The Morgan fingerprint density at radius 1 is 1.33 bits per heavy atom. The highest BCUT2D eigenvalue weighted by Gasteiger charge is 2.00. The van der Waals surface area contributed by atoms with E-state index in [9.17, 15) is 0 Å². The van der Waals surface area contributed by atoms with Gasteiger partial charge in [-0.25, -0.2) is 0 Å². The number of benzene rings is 1. The summed E-state index contributed by atoms with van der Waals surface area (Å²) in [7, 11) is 0. The van der Waals surface area contributed by atoms with Crippen molar-refractivity contribution < 1.29 is 4.74 Å². The zero-order valence-electron chi connectivity index (χ0n) is 8.74. The van der Waals surface area contributed by atoms with E-state index < -0.39 is 0 Å². The van der Waals surface area contributed by atoms with Crippen molar-refractivity contribution >= 4 is 26.8 Å². The van der Waals surface area contributed by atoms with Crippen molar-refractivity contribution in [2.45, 2.75) is 13.5 Å². The summed E-state index contributed by atoms with van der Waals surface area (Å²) in [6, 6.07) is 8.46. The van der Waals surface area contributed by atoms with Crippen molar-refractivity contribution in [3.05, 3.63) is 34.9 Å². The molecule has 0 spiro atoms. The molecule has 0 radical (unpaired) electrons. The van der Waals surface area contributed by atoms with Crippen molar-refractivity contribution in [1.29, 1.82) is 0 Å². The van der Waals surface area contributed by atoms with Crippen LogP contribution in [0.2, 0.25) is 0 Å². The maximum atomic E-state index is 5.35. The Bertz CT molecular complexity index is 450. The number of hydrogen-bond acceptors (Lipinski definition) is 1. The molecule has 2 rings (SSSR count). The van der Waals surface area contributed by atoms with Gasteiger partial charge in [-0.1, -0.05) is 22.0 Å². The molecule has 0 amide bonds. The molecule has 15 heavy (non-hydrogen) atoms. The van der Waals surface area contributed by atoms with Gasteiger partial charge in [-0.3, -0.25) is 0 Å². The van der Waals surface area contributed by atoms with E-state index in [0.29, 0.717) is 0 Å². The van der Waals surface area contributed by atoms with E-state index in [1.807, 2.05) is 6.92 Å². The summed E-state index contributed by atoms with van der Waals surface area (Å²) in [5.74, 6) is 0. The minimum atomic E-state index is 0.771. The predicted molar refractivity (Wildman–Crippen MR) is 66.1 cm³/mol. The van der Waals surface area contributed by atoms with Crippen molar-refractivity contribution in [2.75, 3.05) is 13.2 Å². The van der Waals surface area contributed by atoms with Gasteiger partial charge in [-0.05, 0) is 30.5 Å². The first-order valence-electron chi connectivity index (χ1n) is 5.13. The number of nitrogens with zero attached hydrogens (tertiary/aromatic N) is 1. The van der Waals surface area contributed by atoms with Gasteiger partial charge in [0.1, 0.15) is 0 Å². The first-order valence-corrected chi connectivity index (χ1v) is 5.92. The van der Waals surface area contributed by atoms with Crippen molar-refractivity contribution in [3.63, 3.8) is 0 Å². The molecule has 0 fully saturated rings. The molecular formula is C12H14BrNO. The van der Waals surface area contributed by atoms with Crippen LogP contribution in [0.25, 0.3) is 10.9 Å². The smallest absolute Gasteiger partial charge is 0.0645 e. The van der Waals surface area contributed by atoms with Crippen molar-refractivity contribution in [2.24, 2.45) is 0 Å². The second kappa shape index (κ2) is 4.81. The monoisotopic (exact) mass is 267 g/mol. The van der Waals surface area contributed by atoms with E-state index in [4.69, 9.17) is 4.74 Å². The summed E-state index contributed by atoms with van der Waals surface area (Å²) < 4.78 is 8.69. The Labute approximate surface area is 98.0 Å². The maximum absolute atomic E-state index is 5.35. The van der Waals surface area contributed by atoms with Crippen LogP contribution in [0.1, 0.15) is 6.92 Å². The van der Waals surface area contributed by atoms with Crippen molar-refractivity contribution in [1.82, 2.24) is 4.57 Å². The van der Waals surface area contributed by atoms with E-state index >= 15 is 0 Å². The van der Waals surface area contributed by atoms with E-state index in [2.05, 4.69) is 51.0 Å². The molecule has 0 atom stereocenters. The third-order valence-corrected chi connectivity index (χ3v) is 2.91. The largest absolute Gasteiger partial charge is 0.380 e. The molecule has 0 saturated heterocycles. The normalized spacial score (nSPS) is 11.1.